The first-order chi connectivity index (χ1) is 8.13. The van der Waals surface area contributed by atoms with Crippen molar-refractivity contribution in [3.63, 3.8) is 0 Å². The number of hydrogen-bond acceptors (Lipinski definition) is 2. The smallest absolute Gasteiger partial charge is 0.165 e. The van der Waals surface area contributed by atoms with Crippen LogP contribution in [0.1, 0.15) is 22.1 Å². The first-order valence-corrected chi connectivity index (χ1v) is 6.51. The molecule has 0 spiro atoms. The van der Waals surface area contributed by atoms with Crippen LogP contribution in [-0.2, 0) is 0 Å². The zero-order chi connectivity index (χ0) is 12.4. The lowest BCUT2D eigenvalue weighted by molar-refractivity contribution is 0.386. The van der Waals surface area contributed by atoms with Crippen LogP contribution < -0.4 is 4.74 Å². The van der Waals surface area contributed by atoms with Gasteiger partial charge in [0.15, 0.2) is 11.6 Å². The van der Waals surface area contributed by atoms with Gasteiger partial charge in [0.2, 0.25) is 0 Å². The zero-order valence-electron chi connectivity index (χ0n) is 9.54. The average molecular weight is 271 g/mol. The Morgan fingerprint density at radius 3 is 2.65 bits per heavy atom. The van der Waals surface area contributed by atoms with E-state index in [1.807, 2.05) is 17.7 Å². The van der Waals surface area contributed by atoms with E-state index in [2.05, 4.69) is 0 Å². The molecule has 1 heterocycles. The topological polar surface area (TPSA) is 9.23 Å². The molecule has 90 valence electrons. The Morgan fingerprint density at radius 1 is 1.35 bits per heavy atom. The quantitative estimate of drug-likeness (QED) is 0.745. The van der Waals surface area contributed by atoms with Crippen LogP contribution >= 0.6 is 22.9 Å². The van der Waals surface area contributed by atoms with Gasteiger partial charge in [0.25, 0.3) is 0 Å². The van der Waals surface area contributed by atoms with Crippen molar-refractivity contribution >= 4 is 22.9 Å². The Kier molecular flexibility index (Phi) is 3.69. The van der Waals surface area contributed by atoms with Gasteiger partial charge in [-0.25, -0.2) is 4.39 Å². The molecule has 0 radical (unpaired) electrons. The SMILES string of the molecule is COc1ccc(C(Cl)c2cscc2C)cc1F. The Hall–Kier alpha value is -1.06. The van der Waals surface area contributed by atoms with Crippen LogP contribution in [0.4, 0.5) is 4.39 Å². The second kappa shape index (κ2) is 5.07. The molecule has 1 unspecified atom stereocenters. The van der Waals surface area contributed by atoms with E-state index in [-0.39, 0.29) is 16.9 Å². The van der Waals surface area contributed by atoms with Gasteiger partial charge in [-0.2, -0.15) is 11.3 Å². The van der Waals surface area contributed by atoms with Gasteiger partial charge in [-0.05, 0) is 46.5 Å². The Bertz CT molecular complexity index is 524. The molecule has 4 heteroatoms. The second-order valence-corrected chi connectivity index (χ2v) is 4.95. The van der Waals surface area contributed by atoms with Gasteiger partial charge in [-0.3, -0.25) is 0 Å². The maximum Gasteiger partial charge on any atom is 0.165 e. The molecule has 0 aliphatic carbocycles. The summed E-state index contributed by atoms with van der Waals surface area (Å²) in [6.45, 7) is 2.00. The Labute approximate surface area is 109 Å². The van der Waals surface area contributed by atoms with Crippen molar-refractivity contribution in [3.8, 4) is 5.75 Å². The molecule has 1 aromatic carbocycles. The lowest BCUT2D eigenvalue weighted by Gasteiger charge is -2.11. The number of benzene rings is 1. The fourth-order valence-corrected chi connectivity index (χ4v) is 2.97. The third-order valence-electron chi connectivity index (χ3n) is 2.64. The summed E-state index contributed by atoms with van der Waals surface area (Å²) in [5.41, 5.74) is 2.90. The van der Waals surface area contributed by atoms with E-state index in [1.165, 1.54) is 13.2 Å². The van der Waals surface area contributed by atoms with Gasteiger partial charge in [0.05, 0.1) is 12.5 Å². The van der Waals surface area contributed by atoms with Crippen LogP contribution in [0.5, 0.6) is 5.75 Å². The number of rotatable bonds is 3. The summed E-state index contributed by atoms with van der Waals surface area (Å²) in [4.78, 5) is 0. The maximum atomic E-state index is 13.6. The monoisotopic (exact) mass is 270 g/mol. The van der Waals surface area contributed by atoms with Gasteiger partial charge in [0, 0.05) is 0 Å². The fraction of sp³-hybridized carbons (Fsp3) is 0.231. The lowest BCUT2D eigenvalue weighted by atomic mass is 10.0. The van der Waals surface area contributed by atoms with Gasteiger partial charge in [-0.15, -0.1) is 11.6 Å². The molecule has 0 saturated heterocycles. The predicted octanol–water partition coefficient (Wildman–Crippen LogP) is 4.53. The van der Waals surface area contributed by atoms with Crippen molar-refractivity contribution in [2.75, 3.05) is 7.11 Å². The molecule has 0 fully saturated rings. The molecular formula is C13H12ClFOS. The highest BCUT2D eigenvalue weighted by molar-refractivity contribution is 7.08. The Balaban J connectivity index is 2.35. The van der Waals surface area contributed by atoms with Crippen LogP contribution in [0.25, 0.3) is 0 Å². The van der Waals surface area contributed by atoms with Crippen molar-refractivity contribution in [2.45, 2.75) is 12.3 Å². The highest BCUT2D eigenvalue weighted by Gasteiger charge is 2.15. The second-order valence-electron chi connectivity index (χ2n) is 3.77. The standard InChI is InChI=1S/C13H12ClFOS/c1-8-6-17-7-10(8)13(14)9-3-4-12(16-2)11(15)5-9/h3-7,13H,1-2H3. The van der Waals surface area contributed by atoms with E-state index in [0.717, 1.165) is 16.7 Å². The molecule has 0 N–H and O–H groups in total. The van der Waals surface area contributed by atoms with Crippen molar-refractivity contribution in [2.24, 2.45) is 0 Å². The molecule has 17 heavy (non-hydrogen) atoms. The van der Waals surface area contributed by atoms with Crippen LogP contribution in [0.3, 0.4) is 0 Å². The van der Waals surface area contributed by atoms with Crippen molar-refractivity contribution in [1.82, 2.24) is 0 Å². The molecule has 1 atom stereocenters. The van der Waals surface area contributed by atoms with Crippen LogP contribution in [0, 0.1) is 12.7 Å². The summed E-state index contributed by atoms with van der Waals surface area (Å²) in [6, 6.07) is 4.81. The fourth-order valence-electron chi connectivity index (χ4n) is 1.65. The van der Waals surface area contributed by atoms with Crippen LogP contribution in [0.2, 0.25) is 0 Å². The number of thiophene rings is 1. The van der Waals surface area contributed by atoms with Gasteiger partial charge in [0.1, 0.15) is 0 Å². The number of hydrogen-bond donors (Lipinski definition) is 0. The summed E-state index contributed by atoms with van der Waals surface area (Å²) in [5.74, 6) is -0.150. The first-order valence-electron chi connectivity index (χ1n) is 5.13. The summed E-state index contributed by atoms with van der Waals surface area (Å²) in [5, 5.41) is 3.71. The van der Waals surface area contributed by atoms with E-state index in [4.69, 9.17) is 16.3 Å². The minimum Gasteiger partial charge on any atom is -0.494 e. The summed E-state index contributed by atoms with van der Waals surface area (Å²) < 4.78 is 18.5. The highest BCUT2D eigenvalue weighted by Crippen LogP contribution is 2.34. The van der Waals surface area contributed by atoms with E-state index in [0.29, 0.717) is 0 Å². The summed E-state index contributed by atoms with van der Waals surface area (Å²) in [6.07, 6.45) is 0. The number of aryl methyl sites for hydroxylation is 1. The third-order valence-corrected chi connectivity index (χ3v) is 4.00. The normalized spacial score (nSPS) is 12.5. The van der Waals surface area contributed by atoms with Gasteiger partial charge >= 0.3 is 0 Å². The average Bonchev–Trinajstić information content (AvgIpc) is 2.74. The van der Waals surface area contributed by atoms with E-state index in [1.54, 1.807) is 23.5 Å². The molecule has 2 rings (SSSR count). The molecule has 0 saturated carbocycles. The van der Waals surface area contributed by atoms with Crippen molar-refractivity contribution < 1.29 is 9.13 Å². The van der Waals surface area contributed by atoms with Crippen LogP contribution in [0.15, 0.2) is 29.0 Å². The van der Waals surface area contributed by atoms with Crippen molar-refractivity contribution in [3.05, 3.63) is 51.5 Å². The van der Waals surface area contributed by atoms with E-state index in [9.17, 15) is 4.39 Å². The minimum atomic E-state index is -0.386. The van der Waals surface area contributed by atoms with Crippen LogP contribution in [-0.4, -0.2) is 7.11 Å². The maximum absolute atomic E-state index is 13.6. The Morgan fingerprint density at radius 2 is 2.12 bits per heavy atom. The number of halogens is 2. The highest BCUT2D eigenvalue weighted by atomic mass is 35.5. The molecular weight excluding hydrogens is 259 g/mol. The molecule has 0 aliphatic heterocycles. The number of methoxy groups -OCH3 is 1. The molecule has 0 bridgehead atoms. The molecule has 1 aromatic heterocycles. The van der Waals surface area contributed by atoms with Crippen molar-refractivity contribution in [1.29, 1.82) is 0 Å². The largest absolute Gasteiger partial charge is 0.494 e. The van der Waals surface area contributed by atoms with Gasteiger partial charge in [-0.1, -0.05) is 6.07 Å². The molecule has 1 nitrogen and oxygen atoms in total. The number of ether oxygens (including phenoxy) is 1. The summed E-state index contributed by atoms with van der Waals surface area (Å²) in [7, 11) is 1.44. The van der Waals surface area contributed by atoms with E-state index >= 15 is 0 Å². The summed E-state index contributed by atoms with van der Waals surface area (Å²) >= 11 is 7.94. The molecule has 0 amide bonds. The minimum absolute atomic E-state index is 0.236. The molecule has 0 aliphatic rings. The zero-order valence-corrected chi connectivity index (χ0v) is 11.1. The number of alkyl halides is 1. The predicted molar refractivity (Wildman–Crippen MR) is 69.7 cm³/mol. The lowest BCUT2D eigenvalue weighted by Crippen LogP contribution is -1.96. The van der Waals surface area contributed by atoms with Gasteiger partial charge < -0.3 is 4.74 Å². The first kappa shape index (κ1) is 12.4. The van der Waals surface area contributed by atoms with E-state index < -0.39 is 0 Å². The molecule has 2 aromatic rings. The third kappa shape index (κ3) is 2.45.